The van der Waals surface area contributed by atoms with Gasteiger partial charge in [0.1, 0.15) is 5.82 Å². The number of rotatable bonds is 5. The minimum absolute atomic E-state index is 0.108. The Balaban J connectivity index is 1.71. The molecule has 3 rings (SSSR count). The monoisotopic (exact) mass is 314 g/mol. The molecule has 2 heterocycles. The summed E-state index contributed by atoms with van der Waals surface area (Å²) in [5.74, 6) is 1.71. The minimum atomic E-state index is -0.373. The Morgan fingerprint density at radius 2 is 2.09 bits per heavy atom. The fourth-order valence-corrected chi connectivity index (χ4v) is 3.11. The Morgan fingerprint density at radius 1 is 1.30 bits per heavy atom. The first-order valence-electron chi connectivity index (χ1n) is 8.18. The molecule has 122 valence electrons. The molecule has 6 heteroatoms. The number of hydrogen-bond acceptors (Lipinski definition) is 5. The zero-order chi connectivity index (χ0) is 16.2. The lowest BCUT2D eigenvalue weighted by Crippen LogP contribution is -2.37. The van der Waals surface area contributed by atoms with Gasteiger partial charge in [-0.25, -0.2) is 4.98 Å². The number of nitro benzene ring substituents is 1. The van der Waals surface area contributed by atoms with Crippen LogP contribution in [0.1, 0.15) is 19.8 Å². The van der Waals surface area contributed by atoms with E-state index < -0.39 is 0 Å². The highest BCUT2D eigenvalue weighted by molar-refractivity contribution is 5.82. The highest BCUT2D eigenvalue weighted by Crippen LogP contribution is 2.25. The van der Waals surface area contributed by atoms with E-state index in [9.17, 15) is 10.1 Å². The Labute approximate surface area is 135 Å². The van der Waals surface area contributed by atoms with Crippen LogP contribution in [0.5, 0.6) is 0 Å². The van der Waals surface area contributed by atoms with Crippen molar-refractivity contribution in [2.45, 2.75) is 19.8 Å². The number of fused-ring (bicyclic) bond motifs is 1. The molecule has 1 aliphatic heterocycles. The van der Waals surface area contributed by atoms with E-state index in [0.717, 1.165) is 48.8 Å². The second kappa shape index (κ2) is 6.91. The van der Waals surface area contributed by atoms with Crippen molar-refractivity contribution in [3.05, 3.63) is 40.4 Å². The van der Waals surface area contributed by atoms with Crippen LogP contribution in [0.3, 0.4) is 0 Å². The van der Waals surface area contributed by atoms with Crippen LogP contribution in [-0.4, -0.2) is 36.1 Å². The first-order chi connectivity index (χ1) is 11.2. The lowest BCUT2D eigenvalue weighted by molar-refractivity contribution is -0.384. The van der Waals surface area contributed by atoms with Crippen LogP contribution < -0.4 is 10.2 Å². The van der Waals surface area contributed by atoms with Crippen molar-refractivity contribution in [3.8, 4) is 0 Å². The first-order valence-corrected chi connectivity index (χ1v) is 8.18. The molecule has 0 atom stereocenters. The molecule has 1 aromatic heterocycles. The molecule has 1 saturated heterocycles. The smallest absolute Gasteiger partial charge is 0.270 e. The number of nitrogens with zero attached hydrogens (tertiary/aromatic N) is 3. The quantitative estimate of drug-likeness (QED) is 0.678. The van der Waals surface area contributed by atoms with Crippen molar-refractivity contribution >= 4 is 22.4 Å². The maximum Gasteiger partial charge on any atom is 0.270 e. The molecule has 23 heavy (non-hydrogen) atoms. The third-order valence-electron chi connectivity index (χ3n) is 4.49. The molecule has 0 spiro atoms. The molecule has 0 amide bonds. The number of pyridine rings is 1. The summed E-state index contributed by atoms with van der Waals surface area (Å²) in [6, 6.07) is 8.72. The van der Waals surface area contributed by atoms with Gasteiger partial charge in [0.05, 0.1) is 10.4 Å². The number of hydrogen-bond donors (Lipinski definition) is 1. The van der Waals surface area contributed by atoms with Crippen molar-refractivity contribution in [2.75, 3.05) is 31.1 Å². The molecule has 0 radical (unpaired) electrons. The molecule has 0 aliphatic carbocycles. The second-order valence-electron chi connectivity index (χ2n) is 6.04. The van der Waals surface area contributed by atoms with E-state index in [0.29, 0.717) is 0 Å². The molecule has 1 aliphatic rings. The summed E-state index contributed by atoms with van der Waals surface area (Å²) in [6.07, 6.45) is 2.35. The minimum Gasteiger partial charge on any atom is -0.357 e. The van der Waals surface area contributed by atoms with E-state index in [-0.39, 0.29) is 10.6 Å². The topological polar surface area (TPSA) is 71.3 Å². The zero-order valence-electron chi connectivity index (χ0n) is 13.4. The Bertz CT molecular complexity index is 696. The lowest BCUT2D eigenvalue weighted by atomic mass is 9.97. The number of piperidine rings is 1. The van der Waals surface area contributed by atoms with E-state index in [2.05, 4.69) is 22.1 Å². The summed E-state index contributed by atoms with van der Waals surface area (Å²) in [4.78, 5) is 17.4. The van der Waals surface area contributed by atoms with Crippen molar-refractivity contribution in [2.24, 2.45) is 5.92 Å². The predicted molar refractivity (Wildman–Crippen MR) is 91.9 cm³/mol. The molecule has 1 fully saturated rings. The van der Waals surface area contributed by atoms with Gasteiger partial charge in [0.25, 0.3) is 5.69 Å². The number of nitro groups is 1. The SMILES string of the molecule is CCNCC1CCN(c2ccc3cc([N+](=O)[O-])ccc3n2)CC1. The fraction of sp³-hybridized carbons (Fsp3) is 0.471. The van der Waals surface area contributed by atoms with Crippen LogP contribution in [0.15, 0.2) is 30.3 Å². The summed E-state index contributed by atoms with van der Waals surface area (Å²) >= 11 is 0. The lowest BCUT2D eigenvalue weighted by Gasteiger charge is -2.33. The van der Waals surface area contributed by atoms with Gasteiger partial charge in [-0.05, 0) is 50.0 Å². The summed E-state index contributed by atoms with van der Waals surface area (Å²) < 4.78 is 0. The van der Waals surface area contributed by atoms with Crippen molar-refractivity contribution < 1.29 is 4.92 Å². The Morgan fingerprint density at radius 3 is 2.78 bits per heavy atom. The van der Waals surface area contributed by atoms with Crippen molar-refractivity contribution in [3.63, 3.8) is 0 Å². The van der Waals surface area contributed by atoms with Gasteiger partial charge in [-0.1, -0.05) is 6.92 Å². The van der Waals surface area contributed by atoms with Gasteiger partial charge in [-0.15, -0.1) is 0 Å². The molecular formula is C17H22N4O2. The van der Waals surface area contributed by atoms with Gasteiger partial charge in [0.2, 0.25) is 0 Å². The number of nitrogens with one attached hydrogen (secondary N) is 1. The van der Waals surface area contributed by atoms with E-state index in [1.807, 2.05) is 12.1 Å². The molecular weight excluding hydrogens is 292 g/mol. The highest BCUT2D eigenvalue weighted by atomic mass is 16.6. The Kier molecular flexibility index (Phi) is 4.71. The maximum atomic E-state index is 10.8. The number of non-ortho nitro benzene ring substituents is 1. The van der Waals surface area contributed by atoms with Crippen LogP contribution in [0.25, 0.3) is 10.9 Å². The van der Waals surface area contributed by atoms with Crippen LogP contribution in [0.4, 0.5) is 11.5 Å². The molecule has 6 nitrogen and oxygen atoms in total. The standard InChI is InChI=1S/C17H22N4O2/c1-2-18-12-13-7-9-20(10-8-13)17-6-3-14-11-15(21(22)23)4-5-16(14)19-17/h3-6,11,13,18H,2,7-10,12H2,1H3. The molecule has 0 saturated carbocycles. The third kappa shape index (κ3) is 3.59. The van der Waals surface area contributed by atoms with Gasteiger partial charge in [-0.2, -0.15) is 0 Å². The molecule has 0 bridgehead atoms. The summed E-state index contributed by atoms with van der Waals surface area (Å²) in [7, 11) is 0. The van der Waals surface area contributed by atoms with Gasteiger partial charge >= 0.3 is 0 Å². The van der Waals surface area contributed by atoms with E-state index in [1.165, 1.54) is 18.9 Å². The zero-order valence-corrected chi connectivity index (χ0v) is 13.4. The number of anilines is 1. The average Bonchev–Trinajstić information content (AvgIpc) is 2.59. The maximum absolute atomic E-state index is 10.8. The molecule has 2 aromatic rings. The van der Waals surface area contributed by atoms with Crippen LogP contribution in [-0.2, 0) is 0 Å². The first kappa shape index (κ1) is 15.7. The van der Waals surface area contributed by atoms with Gasteiger partial charge < -0.3 is 10.2 Å². The van der Waals surface area contributed by atoms with Crippen LogP contribution in [0.2, 0.25) is 0 Å². The second-order valence-corrected chi connectivity index (χ2v) is 6.04. The van der Waals surface area contributed by atoms with E-state index in [4.69, 9.17) is 0 Å². The molecule has 0 unspecified atom stereocenters. The summed E-state index contributed by atoms with van der Waals surface area (Å²) in [6.45, 7) is 6.29. The molecule has 1 aromatic carbocycles. The number of benzene rings is 1. The highest BCUT2D eigenvalue weighted by Gasteiger charge is 2.20. The van der Waals surface area contributed by atoms with Crippen molar-refractivity contribution in [1.29, 1.82) is 0 Å². The van der Waals surface area contributed by atoms with Crippen LogP contribution >= 0.6 is 0 Å². The summed E-state index contributed by atoms with van der Waals surface area (Å²) in [5.41, 5.74) is 0.916. The largest absolute Gasteiger partial charge is 0.357 e. The Hall–Kier alpha value is -2.21. The fourth-order valence-electron chi connectivity index (χ4n) is 3.11. The van der Waals surface area contributed by atoms with Crippen molar-refractivity contribution in [1.82, 2.24) is 10.3 Å². The number of aromatic nitrogens is 1. The summed E-state index contributed by atoms with van der Waals surface area (Å²) in [5, 5.41) is 15.1. The van der Waals surface area contributed by atoms with E-state index in [1.54, 1.807) is 12.1 Å². The predicted octanol–water partition coefficient (Wildman–Crippen LogP) is 2.97. The van der Waals surface area contributed by atoms with E-state index >= 15 is 0 Å². The normalized spacial score (nSPS) is 16.0. The van der Waals surface area contributed by atoms with Gasteiger partial charge in [0, 0.05) is 30.6 Å². The van der Waals surface area contributed by atoms with Crippen LogP contribution in [0, 0.1) is 16.0 Å². The van der Waals surface area contributed by atoms with Gasteiger partial charge in [-0.3, -0.25) is 10.1 Å². The molecule has 1 N–H and O–H groups in total. The average molecular weight is 314 g/mol. The third-order valence-corrected chi connectivity index (χ3v) is 4.49. The van der Waals surface area contributed by atoms with Gasteiger partial charge in [0.15, 0.2) is 0 Å².